The molecule has 0 saturated heterocycles. The van der Waals surface area contributed by atoms with E-state index in [9.17, 15) is 0 Å². The van der Waals surface area contributed by atoms with E-state index < -0.39 is 0 Å². The maximum absolute atomic E-state index is 5.81. The van der Waals surface area contributed by atoms with E-state index in [2.05, 4.69) is 11.1 Å². The molecule has 10 heavy (non-hydrogen) atoms. The van der Waals surface area contributed by atoms with Gasteiger partial charge in [-0.15, -0.1) is 0 Å². The van der Waals surface area contributed by atoms with Gasteiger partial charge in [-0.2, -0.15) is 0 Å². The lowest BCUT2D eigenvalue weighted by Crippen LogP contribution is -2.04. The van der Waals surface area contributed by atoms with Gasteiger partial charge >= 0.3 is 0 Å². The van der Waals surface area contributed by atoms with Crippen LogP contribution in [0.25, 0.3) is 0 Å². The van der Waals surface area contributed by atoms with Crippen LogP contribution in [-0.4, -0.2) is 4.98 Å². The normalized spacial score (nSPS) is 22.7. The minimum atomic E-state index is 0.240. The molecule has 2 heteroatoms. The van der Waals surface area contributed by atoms with Gasteiger partial charge in [-0.1, -0.05) is 0 Å². The smallest absolute Gasteiger partial charge is 0.0318 e. The number of hydrogen-bond acceptors (Lipinski definition) is 2. The first-order valence-corrected chi connectivity index (χ1v) is 3.56. The highest BCUT2D eigenvalue weighted by atomic mass is 14.7. The van der Waals surface area contributed by atoms with Crippen molar-refractivity contribution >= 4 is 0 Å². The maximum Gasteiger partial charge on any atom is 0.0318 e. The third kappa shape index (κ3) is 0.727. The second kappa shape index (κ2) is 2.06. The highest BCUT2D eigenvalue weighted by molar-refractivity contribution is 5.30. The minimum absolute atomic E-state index is 0.240. The van der Waals surface area contributed by atoms with Gasteiger partial charge < -0.3 is 5.73 Å². The molecule has 0 unspecified atom stereocenters. The van der Waals surface area contributed by atoms with E-state index in [-0.39, 0.29) is 6.04 Å². The van der Waals surface area contributed by atoms with Gasteiger partial charge in [0, 0.05) is 18.4 Å². The fraction of sp³-hybridized carbons (Fsp3) is 0.375. The van der Waals surface area contributed by atoms with Crippen LogP contribution < -0.4 is 5.73 Å². The van der Waals surface area contributed by atoms with Gasteiger partial charge in [0.15, 0.2) is 0 Å². The van der Waals surface area contributed by atoms with Gasteiger partial charge in [-0.25, -0.2) is 0 Å². The van der Waals surface area contributed by atoms with E-state index in [0.717, 1.165) is 12.8 Å². The molecule has 0 saturated carbocycles. The Morgan fingerprint density at radius 2 is 2.50 bits per heavy atom. The van der Waals surface area contributed by atoms with Crippen LogP contribution in [-0.2, 0) is 6.42 Å². The zero-order valence-corrected chi connectivity index (χ0v) is 5.75. The van der Waals surface area contributed by atoms with Crippen LogP contribution >= 0.6 is 0 Å². The molecule has 0 bridgehead atoms. The second-order valence-corrected chi connectivity index (χ2v) is 2.72. The van der Waals surface area contributed by atoms with Crippen molar-refractivity contribution in [3.8, 4) is 0 Å². The van der Waals surface area contributed by atoms with Crippen molar-refractivity contribution in [3.05, 3.63) is 29.6 Å². The van der Waals surface area contributed by atoms with E-state index in [4.69, 9.17) is 5.73 Å². The van der Waals surface area contributed by atoms with Gasteiger partial charge in [0.05, 0.1) is 0 Å². The first kappa shape index (κ1) is 5.86. The molecule has 1 heterocycles. The summed E-state index contributed by atoms with van der Waals surface area (Å²) in [5.41, 5.74) is 8.42. The Morgan fingerprint density at radius 3 is 3.30 bits per heavy atom. The molecule has 2 rings (SSSR count). The Kier molecular flexibility index (Phi) is 1.21. The summed E-state index contributed by atoms with van der Waals surface area (Å²) in [4.78, 5) is 4.03. The Labute approximate surface area is 60.1 Å². The molecule has 2 N–H and O–H groups in total. The monoisotopic (exact) mass is 134 g/mol. The summed E-state index contributed by atoms with van der Waals surface area (Å²) in [7, 11) is 0. The van der Waals surface area contributed by atoms with Gasteiger partial charge in [-0.05, 0) is 30.0 Å². The molecule has 1 aromatic heterocycles. The predicted octanol–water partition coefficient (Wildman–Crippen LogP) is 1.03. The summed E-state index contributed by atoms with van der Waals surface area (Å²) in [6.07, 6.45) is 5.92. The van der Waals surface area contributed by atoms with Crippen molar-refractivity contribution in [1.82, 2.24) is 4.98 Å². The molecule has 52 valence electrons. The number of pyridine rings is 1. The third-order valence-electron chi connectivity index (χ3n) is 2.07. The average molecular weight is 134 g/mol. The summed E-state index contributed by atoms with van der Waals surface area (Å²) in [6, 6.07) is 2.30. The van der Waals surface area contributed by atoms with Crippen LogP contribution in [0.4, 0.5) is 0 Å². The van der Waals surface area contributed by atoms with E-state index in [1.54, 1.807) is 0 Å². The number of nitrogens with zero attached hydrogens (tertiary/aromatic N) is 1. The lowest BCUT2D eigenvalue weighted by Gasteiger charge is -2.00. The van der Waals surface area contributed by atoms with Crippen molar-refractivity contribution in [3.63, 3.8) is 0 Å². The van der Waals surface area contributed by atoms with Gasteiger partial charge in [-0.3, -0.25) is 4.98 Å². The van der Waals surface area contributed by atoms with Gasteiger partial charge in [0.2, 0.25) is 0 Å². The van der Waals surface area contributed by atoms with E-state index in [1.165, 1.54) is 11.1 Å². The summed E-state index contributed by atoms with van der Waals surface area (Å²) >= 11 is 0. The first-order chi connectivity index (χ1) is 4.88. The topological polar surface area (TPSA) is 38.9 Å². The fourth-order valence-electron chi connectivity index (χ4n) is 1.46. The zero-order chi connectivity index (χ0) is 6.97. The van der Waals surface area contributed by atoms with Crippen LogP contribution in [0.1, 0.15) is 23.6 Å². The standard InChI is InChI=1S/C8H10N2/c9-8-2-1-6-3-4-10-5-7(6)8/h3-5,8H,1-2,9H2/t8-/m1/s1. The molecule has 0 amide bonds. The van der Waals surface area contributed by atoms with Crippen LogP contribution in [0.5, 0.6) is 0 Å². The van der Waals surface area contributed by atoms with Gasteiger partial charge in [0.1, 0.15) is 0 Å². The SMILES string of the molecule is N[C@@H]1CCc2ccncc21. The van der Waals surface area contributed by atoms with Crippen LogP contribution in [0, 0.1) is 0 Å². The van der Waals surface area contributed by atoms with Crippen molar-refractivity contribution in [2.45, 2.75) is 18.9 Å². The molecule has 0 spiro atoms. The molecule has 1 aromatic rings. The van der Waals surface area contributed by atoms with Crippen LogP contribution in [0.2, 0.25) is 0 Å². The Morgan fingerprint density at radius 1 is 1.60 bits per heavy atom. The predicted molar refractivity (Wildman–Crippen MR) is 39.5 cm³/mol. The van der Waals surface area contributed by atoms with Crippen molar-refractivity contribution in [2.75, 3.05) is 0 Å². The number of aromatic nitrogens is 1. The van der Waals surface area contributed by atoms with Crippen LogP contribution in [0.3, 0.4) is 0 Å². The molecular formula is C8H10N2. The second-order valence-electron chi connectivity index (χ2n) is 2.72. The molecule has 0 aromatic carbocycles. The molecule has 0 fully saturated rings. The van der Waals surface area contributed by atoms with Crippen molar-refractivity contribution in [1.29, 1.82) is 0 Å². The summed E-state index contributed by atoms with van der Waals surface area (Å²) in [6.45, 7) is 0. The van der Waals surface area contributed by atoms with Crippen molar-refractivity contribution in [2.24, 2.45) is 5.73 Å². The molecule has 0 radical (unpaired) electrons. The maximum atomic E-state index is 5.81. The minimum Gasteiger partial charge on any atom is -0.324 e. The van der Waals surface area contributed by atoms with Gasteiger partial charge in [0.25, 0.3) is 0 Å². The molecule has 1 aliphatic rings. The lowest BCUT2D eigenvalue weighted by molar-refractivity contribution is 0.712. The fourth-order valence-corrected chi connectivity index (χ4v) is 1.46. The van der Waals surface area contributed by atoms with E-state index in [1.807, 2.05) is 12.4 Å². The molecular weight excluding hydrogens is 124 g/mol. The summed E-state index contributed by atoms with van der Waals surface area (Å²) < 4.78 is 0. The Bertz CT molecular complexity index is 245. The van der Waals surface area contributed by atoms with E-state index in [0.29, 0.717) is 0 Å². The Hall–Kier alpha value is -0.890. The molecule has 2 nitrogen and oxygen atoms in total. The summed E-state index contributed by atoms with van der Waals surface area (Å²) in [5, 5.41) is 0. The molecule has 0 aliphatic heterocycles. The third-order valence-corrected chi connectivity index (χ3v) is 2.07. The lowest BCUT2D eigenvalue weighted by atomic mass is 10.1. The quantitative estimate of drug-likeness (QED) is 0.575. The molecule has 1 aliphatic carbocycles. The average Bonchev–Trinajstić information content (AvgIpc) is 2.34. The van der Waals surface area contributed by atoms with E-state index >= 15 is 0 Å². The Balaban J connectivity index is 2.51. The highest BCUT2D eigenvalue weighted by Gasteiger charge is 2.17. The number of rotatable bonds is 0. The van der Waals surface area contributed by atoms with Crippen molar-refractivity contribution < 1.29 is 0 Å². The number of aryl methyl sites for hydroxylation is 1. The number of fused-ring (bicyclic) bond motifs is 1. The number of hydrogen-bond donors (Lipinski definition) is 1. The number of nitrogens with two attached hydrogens (primary N) is 1. The first-order valence-electron chi connectivity index (χ1n) is 3.56. The van der Waals surface area contributed by atoms with Crippen LogP contribution in [0.15, 0.2) is 18.5 Å². The zero-order valence-electron chi connectivity index (χ0n) is 5.75. The molecule has 1 atom stereocenters. The largest absolute Gasteiger partial charge is 0.324 e. The summed E-state index contributed by atoms with van der Waals surface area (Å²) in [5.74, 6) is 0. The highest BCUT2D eigenvalue weighted by Crippen LogP contribution is 2.27.